The van der Waals surface area contributed by atoms with E-state index in [1.807, 2.05) is 13.0 Å². The van der Waals surface area contributed by atoms with Gasteiger partial charge in [0.2, 0.25) is 11.0 Å². The number of aromatic nitrogens is 2. The van der Waals surface area contributed by atoms with Crippen molar-refractivity contribution >= 4 is 28.1 Å². The summed E-state index contributed by atoms with van der Waals surface area (Å²) in [6.07, 6.45) is 0.803. The highest BCUT2D eigenvalue weighted by Gasteiger charge is 2.07. The Balaban J connectivity index is 1.84. The normalized spacial score (nSPS) is 9.80. The maximum absolute atomic E-state index is 11.7. The van der Waals surface area contributed by atoms with Crippen molar-refractivity contribution in [3.63, 3.8) is 0 Å². The van der Waals surface area contributed by atoms with Crippen LogP contribution in [-0.2, 0) is 11.2 Å². The maximum atomic E-state index is 11.7. The van der Waals surface area contributed by atoms with Gasteiger partial charge in [-0.25, -0.2) is 0 Å². The summed E-state index contributed by atoms with van der Waals surface area (Å²) in [7, 11) is 0. The summed E-state index contributed by atoms with van der Waals surface area (Å²) in [5.74, 6) is -0.187. The van der Waals surface area contributed by atoms with Gasteiger partial charge in [0.25, 0.3) is 0 Å². The van der Waals surface area contributed by atoms with Gasteiger partial charge < -0.3 is 5.32 Å². The second kappa shape index (κ2) is 6.63. The average Bonchev–Trinajstić information content (AvgIpc) is 2.93. The van der Waals surface area contributed by atoms with Crippen molar-refractivity contribution in [2.24, 2.45) is 0 Å². The van der Waals surface area contributed by atoms with Crippen LogP contribution in [0, 0.1) is 11.3 Å². The molecule has 0 spiro atoms. The van der Waals surface area contributed by atoms with E-state index in [1.54, 1.807) is 24.3 Å². The first-order chi connectivity index (χ1) is 9.71. The van der Waals surface area contributed by atoms with Gasteiger partial charge in [0.1, 0.15) is 5.01 Å². The SMILES string of the molecule is CCc1nnc(NC(=O)CNc2ccc(C#N)cc2)s1. The standard InChI is InChI=1S/C13H13N5OS/c1-2-12-17-18-13(20-12)16-11(19)8-15-10-5-3-9(7-14)4-6-10/h3-6,15H,2,8H2,1H3,(H,16,18,19). The van der Waals surface area contributed by atoms with Crippen molar-refractivity contribution in [2.75, 3.05) is 17.2 Å². The molecule has 7 heteroatoms. The minimum atomic E-state index is -0.187. The first-order valence-corrected chi connectivity index (χ1v) is 6.89. The Labute approximate surface area is 120 Å². The first-order valence-electron chi connectivity index (χ1n) is 6.07. The molecule has 1 aromatic carbocycles. The Bertz CT molecular complexity index is 629. The zero-order valence-corrected chi connectivity index (χ0v) is 11.7. The molecule has 0 saturated carbocycles. The Morgan fingerprint density at radius 3 is 2.70 bits per heavy atom. The molecule has 0 aliphatic rings. The Kier molecular flexibility index (Phi) is 4.63. The molecule has 0 bridgehead atoms. The van der Waals surface area contributed by atoms with Crippen LogP contribution in [0.3, 0.4) is 0 Å². The fourth-order valence-electron chi connectivity index (χ4n) is 1.46. The van der Waals surface area contributed by atoms with E-state index in [0.717, 1.165) is 17.1 Å². The van der Waals surface area contributed by atoms with E-state index in [9.17, 15) is 4.79 Å². The van der Waals surface area contributed by atoms with Crippen LogP contribution in [-0.4, -0.2) is 22.6 Å². The monoisotopic (exact) mass is 287 g/mol. The van der Waals surface area contributed by atoms with Gasteiger partial charge in [-0.2, -0.15) is 5.26 Å². The van der Waals surface area contributed by atoms with Crippen LogP contribution in [0.2, 0.25) is 0 Å². The van der Waals surface area contributed by atoms with E-state index < -0.39 is 0 Å². The molecule has 0 aliphatic carbocycles. The van der Waals surface area contributed by atoms with Gasteiger partial charge in [0, 0.05) is 5.69 Å². The predicted octanol–water partition coefficient (Wildman–Crippen LogP) is 2.02. The van der Waals surface area contributed by atoms with E-state index in [0.29, 0.717) is 10.7 Å². The molecule has 0 atom stereocenters. The van der Waals surface area contributed by atoms with Gasteiger partial charge in [0.05, 0.1) is 18.2 Å². The number of amides is 1. The van der Waals surface area contributed by atoms with E-state index >= 15 is 0 Å². The molecule has 102 valence electrons. The summed E-state index contributed by atoms with van der Waals surface area (Å²) < 4.78 is 0. The molecule has 1 amide bonds. The Hall–Kier alpha value is -2.46. The number of nitrogens with zero attached hydrogens (tertiary/aromatic N) is 3. The highest BCUT2D eigenvalue weighted by molar-refractivity contribution is 7.15. The summed E-state index contributed by atoms with van der Waals surface area (Å²) in [6, 6.07) is 8.94. The van der Waals surface area contributed by atoms with Gasteiger partial charge in [0.15, 0.2) is 0 Å². The lowest BCUT2D eigenvalue weighted by Crippen LogP contribution is -2.21. The highest BCUT2D eigenvalue weighted by atomic mass is 32.1. The zero-order chi connectivity index (χ0) is 14.4. The largest absolute Gasteiger partial charge is 0.376 e. The lowest BCUT2D eigenvalue weighted by atomic mass is 10.2. The summed E-state index contributed by atoms with van der Waals surface area (Å²) in [5, 5.41) is 23.5. The predicted molar refractivity (Wildman–Crippen MR) is 77.6 cm³/mol. The van der Waals surface area contributed by atoms with Gasteiger partial charge >= 0.3 is 0 Å². The molecule has 0 radical (unpaired) electrons. The van der Waals surface area contributed by atoms with Gasteiger partial charge in [-0.15, -0.1) is 10.2 Å². The first kappa shape index (κ1) is 14.0. The summed E-state index contributed by atoms with van der Waals surface area (Å²) >= 11 is 1.37. The maximum Gasteiger partial charge on any atom is 0.245 e. The molecule has 0 saturated heterocycles. The van der Waals surface area contributed by atoms with E-state index in [4.69, 9.17) is 5.26 Å². The average molecular weight is 287 g/mol. The number of carbonyl (C=O) groups is 1. The number of nitriles is 1. The van der Waals surface area contributed by atoms with Crippen LogP contribution in [0.25, 0.3) is 0 Å². The molecule has 0 aliphatic heterocycles. The van der Waals surface area contributed by atoms with Crippen molar-refractivity contribution in [1.82, 2.24) is 10.2 Å². The van der Waals surface area contributed by atoms with Crippen LogP contribution in [0.5, 0.6) is 0 Å². The van der Waals surface area contributed by atoms with E-state index in [1.165, 1.54) is 11.3 Å². The van der Waals surface area contributed by atoms with Crippen molar-refractivity contribution < 1.29 is 4.79 Å². The minimum absolute atomic E-state index is 0.132. The third kappa shape index (κ3) is 3.76. The fraction of sp³-hybridized carbons (Fsp3) is 0.231. The lowest BCUT2D eigenvalue weighted by molar-refractivity contribution is -0.114. The quantitative estimate of drug-likeness (QED) is 0.878. The number of carbonyl (C=O) groups excluding carboxylic acids is 1. The van der Waals surface area contributed by atoms with Crippen molar-refractivity contribution in [3.05, 3.63) is 34.8 Å². The molecule has 1 heterocycles. The molecular weight excluding hydrogens is 274 g/mol. The summed E-state index contributed by atoms with van der Waals surface area (Å²) in [6.45, 7) is 2.12. The molecule has 20 heavy (non-hydrogen) atoms. The second-order valence-corrected chi connectivity index (χ2v) is 5.01. The molecule has 0 fully saturated rings. The smallest absolute Gasteiger partial charge is 0.245 e. The van der Waals surface area contributed by atoms with Crippen LogP contribution >= 0.6 is 11.3 Å². The third-order valence-electron chi connectivity index (χ3n) is 2.48. The molecule has 2 rings (SSSR count). The van der Waals surface area contributed by atoms with Crippen molar-refractivity contribution in [1.29, 1.82) is 5.26 Å². The van der Waals surface area contributed by atoms with Crippen molar-refractivity contribution in [3.8, 4) is 6.07 Å². The Morgan fingerprint density at radius 2 is 2.10 bits per heavy atom. The lowest BCUT2D eigenvalue weighted by Gasteiger charge is -2.05. The minimum Gasteiger partial charge on any atom is -0.376 e. The molecule has 6 nitrogen and oxygen atoms in total. The van der Waals surface area contributed by atoms with Crippen LogP contribution in [0.1, 0.15) is 17.5 Å². The topological polar surface area (TPSA) is 90.7 Å². The molecule has 2 N–H and O–H groups in total. The number of anilines is 2. The zero-order valence-electron chi connectivity index (χ0n) is 10.9. The number of hydrogen-bond acceptors (Lipinski definition) is 6. The molecular formula is C13H13N5OS. The fourth-order valence-corrected chi connectivity index (χ4v) is 2.15. The number of benzene rings is 1. The van der Waals surface area contributed by atoms with Gasteiger partial charge in [-0.1, -0.05) is 18.3 Å². The summed E-state index contributed by atoms with van der Waals surface area (Å²) in [4.78, 5) is 11.7. The second-order valence-electron chi connectivity index (χ2n) is 3.95. The number of hydrogen-bond donors (Lipinski definition) is 2. The van der Waals surface area contributed by atoms with E-state index in [2.05, 4.69) is 20.8 Å². The number of aryl methyl sites for hydroxylation is 1. The number of rotatable bonds is 5. The van der Waals surface area contributed by atoms with Crippen LogP contribution in [0.4, 0.5) is 10.8 Å². The van der Waals surface area contributed by atoms with Gasteiger partial charge in [-0.3, -0.25) is 10.1 Å². The van der Waals surface area contributed by atoms with Gasteiger partial charge in [-0.05, 0) is 30.7 Å². The molecule has 1 aromatic heterocycles. The third-order valence-corrected chi connectivity index (χ3v) is 3.47. The van der Waals surface area contributed by atoms with Crippen LogP contribution in [0.15, 0.2) is 24.3 Å². The number of nitrogens with one attached hydrogen (secondary N) is 2. The Morgan fingerprint density at radius 1 is 1.35 bits per heavy atom. The highest BCUT2D eigenvalue weighted by Crippen LogP contribution is 2.15. The van der Waals surface area contributed by atoms with Crippen molar-refractivity contribution in [2.45, 2.75) is 13.3 Å². The molecule has 2 aromatic rings. The van der Waals surface area contributed by atoms with E-state index in [-0.39, 0.29) is 12.5 Å². The van der Waals surface area contributed by atoms with Crippen LogP contribution < -0.4 is 10.6 Å². The summed E-state index contributed by atoms with van der Waals surface area (Å²) in [5.41, 5.74) is 1.37. The molecule has 0 unspecified atom stereocenters.